The molecule has 7 nitrogen and oxygen atoms in total. The summed E-state index contributed by atoms with van der Waals surface area (Å²) >= 11 is 0. The van der Waals surface area contributed by atoms with Crippen molar-refractivity contribution in [3.63, 3.8) is 0 Å². The van der Waals surface area contributed by atoms with Crippen LogP contribution in [0.2, 0.25) is 0 Å². The maximum absolute atomic E-state index is 8.90. The largest absolute Gasteiger partial charge is 0.376 e. The van der Waals surface area contributed by atoms with Gasteiger partial charge in [0.15, 0.2) is 0 Å². The van der Waals surface area contributed by atoms with E-state index in [1.165, 1.54) is 0 Å². The van der Waals surface area contributed by atoms with Crippen molar-refractivity contribution in [1.29, 1.82) is 5.26 Å². The fraction of sp³-hybridized carbons (Fsp3) is 0.643. The molecule has 1 unspecified atom stereocenters. The Bertz CT molecular complexity index is 506. The van der Waals surface area contributed by atoms with Crippen molar-refractivity contribution in [2.45, 2.75) is 5.60 Å². The van der Waals surface area contributed by atoms with E-state index >= 15 is 0 Å². The van der Waals surface area contributed by atoms with Crippen LogP contribution >= 0.6 is 0 Å². The second-order valence-electron chi connectivity index (χ2n) is 5.42. The Labute approximate surface area is 124 Å². The SMILES string of the molecule is N#CCN1CCOC2(COCCN(c3ncccn3)C2)C1. The highest BCUT2D eigenvalue weighted by Gasteiger charge is 2.40. The third-order valence-corrected chi connectivity index (χ3v) is 3.81. The molecule has 2 aliphatic rings. The monoisotopic (exact) mass is 289 g/mol. The first-order valence-corrected chi connectivity index (χ1v) is 7.14. The minimum atomic E-state index is -0.412. The second kappa shape index (κ2) is 6.35. The molecule has 2 saturated heterocycles. The van der Waals surface area contributed by atoms with Gasteiger partial charge in [-0.15, -0.1) is 0 Å². The Balaban J connectivity index is 1.77. The fourth-order valence-corrected chi connectivity index (χ4v) is 2.87. The first kappa shape index (κ1) is 14.2. The van der Waals surface area contributed by atoms with E-state index < -0.39 is 5.60 Å². The molecule has 1 aromatic rings. The van der Waals surface area contributed by atoms with Crippen molar-refractivity contribution in [2.24, 2.45) is 0 Å². The number of hydrogen-bond acceptors (Lipinski definition) is 7. The van der Waals surface area contributed by atoms with E-state index in [1.807, 2.05) is 0 Å². The average molecular weight is 289 g/mol. The zero-order valence-electron chi connectivity index (χ0n) is 11.9. The predicted molar refractivity (Wildman–Crippen MR) is 75.8 cm³/mol. The highest BCUT2D eigenvalue weighted by atomic mass is 16.5. The molecule has 2 aliphatic heterocycles. The van der Waals surface area contributed by atoms with E-state index in [-0.39, 0.29) is 0 Å². The first-order chi connectivity index (χ1) is 10.3. The second-order valence-corrected chi connectivity index (χ2v) is 5.42. The molecule has 3 rings (SSSR count). The van der Waals surface area contributed by atoms with E-state index in [0.717, 1.165) is 13.1 Å². The first-order valence-electron chi connectivity index (χ1n) is 7.14. The van der Waals surface area contributed by atoms with Crippen LogP contribution in [-0.4, -0.2) is 73.0 Å². The maximum Gasteiger partial charge on any atom is 0.225 e. The Morgan fingerprint density at radius 3 is 2.90 bits per heavy atom. The van der Waals surface area contributed by atoms with Gasteiger partial charge in [0.05, 0.1) is 39.0 Å². The number of anilines is 1. The maximum atomic E-state index is 8.90. The van der Waals surface area contributed by atoms with Crippen molar-refractivity contribution >= 4 is 5.95 Å². The molecule has 1 spiro atoms. The van der Waals surface area contributed by atoms with Crippen LogP contribution in [-0.2, 0) is 9.47 Å². The molecule has 0 bridgehead atoms. The highest BCUT2D eigenvalue weighted by Crippen LogP contribution is 2.24. The number of nitriles is 1. The Morgan fingerprint density at radius 2 is 2.10 bits per heavy atom. The van der Waals surface area contributed by atoms with Crippen LogP contribution in [0.25, 0.3) is 0 Å². The molecule has 0 amide bonds. The van der Waals surface area contributed by atoms with Crippen molar-refractivity contribution in [2.75, 3.05) is 57.4 Å². The summed E-state index contributed by atoms with van der Waals surface area (Å²) in [7, 11) is 0. The molecular formula is C14H19N5O2. The number of rotatable bonds is 2. The smallest absolute Gasteiger partial charge is 0.225 e. The fourth-order valence-electron chi connectivity index (χ4n) is 2.87. The molecule has 1 aromatic heterocycles. The highest BCUT2D eigenvalue weighted by molar-refractivity contribution is 5.30. The van der Waals surface area contributed by atoms with Crippen molar-refractivity contribution in [3.05, 3.63) is 18.5 Å². The van der Waals surface area contributed by atoms with Crippen LogP contribution in [0.5, 0.6) is 0 Å². The van der Waals surface area contributed by atoms with Crippen molar-refractivity contribution in [1.82, 2.24) is 14.9 Å². The summed E-state index contributed by atoms with van der Waals surface area (Å²) < 4.78 is 11.8. The number of ether oxygens (including phenoxy) is 2. The third-order valence-electron chi connectivity index (χ3n) is 3.81. The van der Waals surface area contributed by atoms with E-state index in [2.05, 4.69) is 25.8 Å². The van der Waals surface area contributed by atoms with Gasteiger partial charge in [0.25, 0.3) is 0 Å². The van der Waals surface area contributed by atoms with Crippen LogP contribution in [0.4, 0.5) is 5.95 Å². The summed E-state index contributed by atoms with van der Waals surface area (Å²) in [6.45, 7) is 5.12. The van der Waals surface area contributed by atoms with E-state index in [1.54, 1.807) is 18.5 Å². The average Bonchev–Trinajstić information content (AvgIpc) is 2.71. The molecule has 112 valence electrons. The Hall–Kier alpha value is -1.75. The van der Waals surface area contributed by atoms with Gasteiger partial charge >= 0.3 is 0 Å². The zero-order valence-corrected chi connectivity index (χ0v) is 11.9. The molecular weight excluding hydrogens is 270 g/mol. The van der Waals surface area contributed by atoms with E-state index in [0.29, 0.717) is 45.4 Å². The summed E-state index contributed by atoms with van der Waals surface area (Å²) in [6.07, 6.45) is 3.48. The zero-order chi connectivity index (χ0) is 14.5. The summed E-state index contributed by atoms with van der Waals surface area (Å²) in [5.41, 5.74) is -0.412. The lowest BCUT2D eigenvalue weighted by Gasteiger charge is -2.42. The van der Waals surface area contributed by atoms with Crippen LogP contribution in [0.3, 0.4) is 0 Å². The Morgan fingerprint density at radius 1 is 1.24 bits per heavy atom. The lowest BCUT2D eigenvalue weighted by atomic mass is 10.0. The standard InChI is InChI=1S/C14H19N5O2/c15-2-5-18-6-9-21-14(10-18)11-19(7-8-20-12-14)13-16-3-1-4-17-13/h1,3-4H,5-12H2. The van der Waals surface area contributed by atoms with Gasteiger partial charge in [0.1, 0.15) is 5.60 Å². The Kier molecular flexibility index (Phi) is 4.29. The molecule has 0 aromatic carbocycles. The summed E-state index contributed by atoms with van der Waals surface area (Å²) in [6, 6.07) is 4.01. The molecule has 21 heavy (non-hydrogen) atoms. The van der Waals surface area contributed by atoms with Gasteiger partial charge in [-0.2, -0.15) is 5.26 Å². The number of morpholine rings is 1. The van der Waals surface area contributed by atoms with Gasteiger partial charge in [-0.3, -0.25) is 4.90 Å². The molecule has 0 radical (unpaired) electrons. The molecule has 1 atom stereocenters. The van der Waals surface area contributed by atoms with Gasteiger partial charge in [-0.1, -0.05) is 0 Å². The normalized spacial score (nSPS) is 27.3. The number of nitrogens with zero attached hydrogens (tertiary/aromatic N) is 5. The molecule has 7 heteroatoms. The lowest BCUT2D eigenvalue weighted by Crippen LogP contribution is -2.59. The summed E-state index contributed by atoms with van der Waals surface area (Å²) in [4.78, 5) is 12.8. The van der Waals surface area contributed by atoms with Gasteiger partial charge in [-0.25, -0.2) is 9.97 Å². The predicted octanol–water partition coefficient (Wildman–Crippen LogP) is -0.0922. The van der Waals surface area contributed by atoms with Gasteiger partial charge in [0.2, 0.25) is 5.95 Å². The van der Waals surface area contributed by atoms with Crippen LogP contribution < -0.4 is 4.90 Å². The van der Waals surface area contributed by atoms with Crippen molar-refractivity contribution in [3.8, 4) is 6.07 Å². The summed E-state index contributed by atoms with van der Waals surface area (Å²) in [5, 5.41) is 8.90. The molecule has 0 aliphatic carbocycles. The van der Waals surface area contributed by atoms with Gasteiger partial charge in [-0.05, 0) is 6.07 Å². The lowest BCUT2D eigenvalue weighted by molar-refractivity contribution is -0.130. The quantitative estimate of drug-likeness (QED) is 0.704. The molecule has 0 saturated carbocycles. The number of aromatic nitrogens is 2. The minimum absolute atomic E-state index is 0.412. The molecule has 3 heterocycles. The minimum Gasteiger partial charge on any atom is -0.376 e. The van der Waals surface area contributed by atoms with E-state index in [4.69, 9.17) is 14.7 Å². The topological polar surface area (TPSA) is 74.5 Å². The number of hydrogen-bond donors (Lipinski definition) is 0. The van der Waals surface area contributed by atoms with Crippen LogP contribution in [0.1, 0.15) is 0 Å². The molecule has 0 N–H and O–H groups in total. The molecule has 2 fully saturated rings. The van der Waals surface area contributed by atoms with Crippen molar-refractivity contribution < 1.29 is 9.47 Å². The van der Waals surface area contributed by atoms with Gasteiger partial charge < -0.3 is 14.4 Å². The summed E-state index contributed by atoms with van der Waals surface area (Å²) in [5.74, 6) is 0.698. The van der Waals surface area contributed by atoms with Gasteiger partial charge in [0, 0.05) is 32.0 Å². The van der Waals surface area contributed by atoms with Crippen LogP contribution in [0, 0.1) is 11.3 Å². The van der Waals surface area contributed by atoms with Crippen LogP contribution in [0.15, 0.2) is 18.5 Å². The van der Waals surface area contributed by atoms with E-state index in [9.17, 15) is 0 Å². The third kappa shape index (κ3) is 3.29.